The molecular weight excluding hydrogens is 192 g/mol. The SMILES string of the molecule is NC(=O)C1=CN2N=CSC2=NC1O. The van der Waals surface area contributed by atoms with Gasteiger partial charge in [0.05, 0.1) is 11.1 Å². The number of aliphatic hydroxyl groups excluding tert-OH is 1. The molecule has 0 aromatic rings. The Kier molecular flexibility index (Phi) is 1.82. The number of rotatable bonds is 1. The van der Waals surface area contributed by atoms with Crippen LogP contribution in [0.4, 0.5) is 0 Å². The number of primary amides is 1. The lowest BCUT2D eigenvalue weighted by Gasteiger charge is -2.19. The molecule has 0 spiro atoms. The third-order valence-corrected chi connectivity index (χ3v) is 2.29. The molecular formula is C6H6N4O2S. The number of carbonyl (C=O) groups is 1. The molecule has 0 radical (unpaired) electrons. The van der Waals surface area contributed by atoms with E-state index < -0.39 is 12.1 Å². The van der Waals surface area contributed by atoms with Gasteiger partial charge in [0.1, 0.15) is 0 Å². The first kappa shape index (κ1) is 8.27. The van der Waals surface area contributed by atoms with Crippen molar-refractivity contribution in [3.63, 3.8) is 0 Å². The standard InChI is InChI=1S/C6H6N4O2S/c7-4(11)3-1-10-6(9-5(3)12)13-2-8-10/h1-2,5,12H,(H2,7,11). The van der Waals surface area contributed by atoms with Crippen LogP contribution in [0.25, 0.3) is 0 Å². The average molecular weight is 198 g/mol. The number of hydrazone groups is 1. The molecule has 1 unspecified atom stereocenters. The zero-order valence-electron chi connectivity index (χ0n) is 6.41. The predicted octanol–water partition coefficient (Wildman–Crippen LogP) is -0.964. The monoisotopic (exact) mass is 198 g/mol. The summed E-state index contributed by atoms with van der Waals surface area (Å²) in [4.78, 5) is 14.6. The highest BCUT2D eigenvalue weighted by Gasteiger charge is 2.27. The van der Waals surface area contributed by atoms with Gasteiger partial charge in [0, 0.05) is 6.20 Å². The molecule has 2 aliphatic rings. The van der Waals surface area contributed by atoms with Gasteiger partial charge in [0.15, 0.2) is 11.4 Å². The Morgan fingerprint density at radius 3 is 3.23 bits per heavy atom. The second kappa shape index (κ2) is 2.86. The Labute approximate surface area is 77.8 Å². The Balaban J connectivity index is 2.33. The molecule has 3 N–H and O–H groups in total. The number of hydrogen-bond donors (Lipinski definition) is 2. The summed E-state index contributed by atoms with van der Waals surface area (Å²) in [5.74, 6) is -0.692. The van der Waals surface area contributed by atoms with Gasteiger partial charge in [-0.1, -0.05) is 0 Å². The molecule has 13 heavy (non-hydrogen) atoms. The van der Waals surface area contributed by atoms with E-state index in [1.165, 1.54) is 23.0 Å². The number of aliphatic imine (C=N–C) groups is 1. The van der Waals surface area contributed by atoms with Crippen LogP contribution >= 0.6 is 11.8 Å². The highest BCUT2D eigenvalue weighted by Crippen LogP contribution is 2.23. The summed E-state index contributed by atoms with van der Waals surface area (Å²) in [6.07, 6.45) is 0.212. The Hall–Kier alpha value is -1.34. The summed E-state index contributed by atoms with van der Waals surface area (Å²) in [7, 11) is 0. The van der Waals surface area contributed by atoms with Crippen LogP contribution < -0.4 is 5.73 Å². The van der Waals surface area contributed by atoms with Crippen LogP contribution in [0, 0.1) is 0 Å². The molecule has 68 valence electrons. The molecule has 2 heterocycles. The number of fused-ring (bicyclic) bond motifs is 1. The lowest BCUT2D eigenvalue weighted by Crippen LogP contribution is -2.31. The molecule has 2 rings (SSSR count). The van der Waals surface area contributed by atoms with Crippen molar-refractivity contribution in [2.45, 2.75) is 6.23 Å². The van der Waals surface area contributed by atoms with Gasteiger partial charge in [0.25, 0.3) is 5.91 Å². The van der Waals surface area contributed by atoms with Crippen molar-refractivity contribution < 1.29 is 9.90 Å². The largest absolute Gasteiger partial charge is 0.368 e. The highest BCUT2D eigenvalue weighted by atomic mass is 32.2. The number of amidine groups is 1. The average Bonchev–Trinajstić information content (AvgIpc) is 2.48. The maximum Gasteiger partial charge on any atom is 0.250 e. The van der Waals surface area contributed by atoms with Gasteiger partial charge in [-0.3, -0.25) is 4.79 Å². The maximum absolute atomic E-state index is 10.8. The van der Waals surface area contributed by atoms with Crippen LogP contribution in [-0.4, -0.2) is 33.0 Å². The van der Waals surface area contributed by atoms with Gasteiger partial charge >= 0.3 is 0 Å². The van der Waals surface area contributed by atoms with Gasteiger partial charge in [0.2, 0.25) is 0 Å². The first-order valence-electron chi connectivity index (χ1n) is 3.44. The van der Waals surface area contributed by atoms with Crippen molar-refractivity contribution in [2.75, 3.05) is 0 Å². The van der Waals surface area contributed by atoms with E-state index in [4.69, 9.17) is 5.73 Å². The number of aliphatic hydroxyl groups is 1. The Morgan fingerprint density at radius 2 is 2.54 bits per heavy atom. The lowest BCUT2D eigenvalue weighted by atomic mass is 10.2. The summed E-state index contributed by atoms with van der Waals surface area (Å²) in [5.41, 5.74) is 6.62. The van der Waals surface area contributed by atoms with Crippen LogP contribution in [0.5, 0.6) is 0 Å². The zero-order chi connectivity index (χ0) is 9.42. The van der Waals surface area contributed by atoms with Crippen molar-refractivity contribution in [3.05, 3.63) is 11.8 Å². The summed E-state index contributed by atoms with van der Waals surface area (Å²) in [5, 5.41) is 15.1. The van der Waals surface area contributed by atoms with E-state index in [-0.39, 0.29) is 5.57 Å². The van der Waals surface area contributed by atoms with E-state index >= 15 is 0 Å². The topological polar surface area (TPSA) is 91.3 Å². The fourth-order valence-corrected chi connectivity index (χ4v) is 1.58. The Morgan fingerprint density at radius 1 is 1.77 bits per heavy atom. The second-order valence-electron chi connectivity index (χ2n) is 2.42. The van der Waals surface area contributed by atoms with E-state index in [9.17, 15) is 9.90 Å². The highest BCUT2D eigenvalue weighted by molar-refractivity contribution is 8.25. The fourth-order valence-electron chi connectivity index (χ4n) is 0.966. The minimum Gasteiger partial charge on any atom is -0.368 e. The first-order chi connectivity index (χ1) is 6.18. The van der Waals surface area contributed by atoms with Gasteiger partial charge in [-0.2, -0.15) is 5.10 Å². The van der Waals surface area contributed by atoms with Crippen molar-refractivity contribution in [1.29, 1.82) is 0 Å². The van der Waals surface area contributed by atoms with E-state index in [0.717, 1.165) is 0 Å². The molecule has 0 fully saturated rings. The van der Waals surface area contributed by atoms with Crippen molar-refractivity contribution in [3.8, 4) is 0 Å². The summed E-state index contributed by atoms with van der Waals surface area (Å²) in [6.45, 7) is 0. The lowest BCUT2D eigenvalue weighted by molar-refractivity contribution is -0.115. The quantitative estimate of drug-likeness (QED) is 0.567. The molecule has 0 aromatic heterocycles. The summed E-state index contributed by atoms with van der Waals surface area (Å²) < 4.78 is 0. The molecule has 0 bridgehead atoms. The number of thioether (sulfide) groups is 1. The summed E-state index contributed by atoms with van der Waals surface area (Å²) >= 11 is 1.27. The van der Waals surface area contributed by atoms with Crippen molar-refractivity contribution in [2.24, 2.45) is 15.8 Å². The maximum atomic E-state index is 10.8. The number of carbonyl (C=O) groups excluding carboxylic acids is 1. The molecule has 0 saturated heterocycles. The van der Waals surface area contributed by atoms with Crippen LogP contribution in [0.2, 0.25) is 0 Å². The molecule has 0 aromatic carbocycles. The summed E-state index contributed by atoms with van der Waals surface area (Å²) in [6, 6.07) is 0. The molecule has 7 heteroatoms. The Bertz CT molecular complexity index is 349. The van der Waals surface area contributed by atoms with Crippen LogP contribution in [0.15, 0.2) is 21.9 Å². The normalized spacial score (nSPS) is 25.3. The van der Waals surface area contributed by atoms with E-state index in [1.54, 1.807) is 5.55 Å². The number of nitrogens with two attached hydrogens (primary N) is 1. The first-order valence-corrected chi connectivity index (χ1v) is 4.32. The molecule has 1 atom stereocenters. The minimum absolute atomic E-state index is 0.0448. The number of hydrogen-bond acceptors (Lipinski definition) is 6. The molecule has 0 aliphatic carbocycles. The van der Waals surface area contributed by atoms with Crippen molar-refractivity contribution in [1.82, 2.24) is 5.01 Å². The predicted molar refractivity (Wildman–Crippen MR) is 48.6 cm³/mol. The third kappa shape index (κ3) is 1.31. The van der Waals surface area contributed by atoms with Crippen LogP contribution in [0.3, 0.4) is 0 Å². The molecule has 2 aliphatic heterocycles. The number of amides is 1. The molecule has 6 nitrogen and oxygen atoms in total. The van der Waals surface area contributed by atoms with Gasteiger partial charge in [-0.25, -0.2) is 10.0 Å². The van der Waals surface area contributed by atoms with Gasteiger partial charge < -0.3 is 10.8 Å². The van der Waals surface area contributed by atoms with Crippen LogP contribution in [0.1, 0.15) is 0 Å². The fraction of sp³-hybridized carbons (Fsp3) is 0.167. The van der Waals surface area contributed by atoms with E-state index in [0.29, 0.717) is 5.17 Å². The number of nitrogens with zero attached hydrogens (tertiary/aromatic N) is 3. The second-order valence-corrected chi connectivity index (χ2v) is 3.23. The van der Waals surface area contributed by atoms with E-state index in [2.05, 4.69) is 10.1 Å². The van der Waals surface area contributed by atoms with E-state index in [1.807, 2.05) is 0 Å². The van der Waals surface area contributed by atoms with Crippen molar-refractivity contribution >= 4 is 28.4 Å². The minimum atomic E-state index is -1.17. The molecule has 1 amide bonds. The zero-order valence-corrected chi connectivity index (χ0v) is 7.23. The van der Waals surface area contributed by atoms with Crippen LogP contribution in [-0.2, 0) is 4.79 Å². The third-order valence-electron chi connectivity index (χ3n) is 1.58. The smallest absolute Gasteiger partial charge is 0.250 e. The molecule has 0 saturated carbocycles. The van der Waals surface area contributed by atoms with Gasteiger partial charge in [-0.15, -0.1) is 0 Å². The van der Waals surface area contributed by atoms with Gasteiger partial charge in [-0.05, 0) is 11.8 Å².